The molecule has 2 aliphatic heterocycles. The number of urea groups is 1. The minimum Gasteiger partial charge on any atom is -0.465 e. The maximum absolute atomic E-state index is 13.4. The summed E-state index contributed by atoms with van der Waals surface area (Å²) in [5.74, 6) is 0.416. The summed E-state index contributed by atoms with van der Waals surface area (Å²) in [6.07, 6.45) is 0.496. The zero-order chi connectivity index (χ0) is 33.7. The number of alkyl halides is 3. The fraction of sp³-hybridized carbons (Fsp3) is 0.353. The van der Waals surface area contributed by atoms with Gasteiger partial charge in [-0.05, 0) is 74.1 Å². The van der Waals surface area contributed by atoms with Crippen LogP contribution in [0.1, 0.15) is 65.4 Å². The molecule has 8 rings (SSSR count). The number of methoxy groups -OCH3 is 1. The van der Waals surface area contributed by atoms with Crippen LogP contribution in [0.5, 0.6) is 0 Å². The van der Waals surface area contributed by atoms with Crippen LogP contribution in [-0.4, -0.2) is 52.3 Å². The lowest BCUT2D eigenvalue weighted by Crippen LogP contribution is -2.65. The summed E-state index contributed by atoms with van der Waals surface area (Å²) in [7, 11) is 1.21. The van der Waals surface area contributed by atoms with Gasteiger partial charge in [-0.1, -0.05) is 40.5 Å². The van der Waals surface area contributed by atoms with Crippen molar-refractivity contribution in [3.05, 3.63) is 87.4 Å². The standard InChI is InChI=1S/C34H29Cl2F3N4O5/c1-46-32(44)23-9-8-19(11-24(23)18-7-10-28(40-15-18)34(37,38)39)41-33(45)43-20-12-21(43)14-22(13-20)47-16-25-30(42-48-31(25)17-5-6-17)29-26(35)3-2-4-27(29)36/h2-4,7-11,15,17,20-22H,5-6,12-14,16H2,1H3,(H,41,45). The van der Waals surface area contributed by atoms with E-state index in [0.717, 1.165) is 42.8 Å². The number of aromatic nitrogens is 2. The Kier molecular flexibility index (Phi) is 8.59. The summed E-state index contributed by atoms with van der Waals surface area (Å²) < 4.78 is 56.3. The number of carbonyl (C=O) groups excluding carboxylic acids is 2. The number of esters is 1. The molecule has 2 bridgehead atoms. The van der Waals surface area contributed by atoms with Crippen LogP contribution in [-0.2, 0) is 22.3 Å². The van der Waals surface area contributed by atoms with Crippen molar-refractivity contribution in [2.75, 3.05) is 12.4 Å². The topological polar surface area (TPSA) is 107 Å². The number of anilines is 1. The van der Waals surface area contributed by atoms with Gasteiger partial charge in [-0.3, -0.25) is 4.98 Å². The number of hydrogen-bond donors (Lipinski definition) is 1. The molecule has 14 heteroatoms. The summed E-state index contributed by atoms with van der Waals surface area (Å²) in [4.78, 5) is 31.2. The molecule has 4 heterocycles. The Labute approximate surface area is 283 Å². The summed E-state index contributed by atoms with van der Waals surface area (Å²) in [5, 5.41) is 8.16. The number of rotatable bonds is 8. The molecule has 250 valence electrons. The van der Waals surface area contributed by atoms with Crippen molar-refractivity contribution in [2.24, 2.45) is 0 Å². The van der Waals surface area contributed by atoms with Gasteiger partial charge in [0, 0.05) is 46.6 Å². The van der Waals surface area contributed by atoms with Gasteiger partial charge in [0.2, 0.25) is 0 Å². The number of halogens is 5. The highest BCUT2D eigenvalue weighted by atomic mass is 35.5. The Balaban J connectivity index is 1.03. The van der Waals surface area contributed by atoms with E-state index in [-0.39, 0.29) is 47.5 Å². The van der Waals surface area contributed by atoms with Crippen LogP contribution in [0, 0.1) is 0 Å². The Hall–Kier alpha value is -4.13. The van der Waals surface area contributed by atoms with Gasteiger partial charge in [-0.2, -0.15) is 13.2 Å². The molecule has 0 spiro atoms. The molecule has 2 amide bonds. The molecule has 0 radical (unpaired) electrons. The molecule has 2 saturated carbocycles. The average molecular weight is 702 g/mol. The number of benzene rings is 2. The third-order valence-corrected chi connectivity index (χ3v) is 9.74. The SMILES string of the molecule is COC(=O)c1ccc(NC(=O)N2C3CC(OCc4c(-c5c(Cl)cccc5Cl)noc4C4CC4)CC2C3)cc1-c1ccc(C(F)(F)F)nc1. The number of nitrogens with zero attached hydrogens (tertiary/aromatic N) is 3. The zero-order valence-electron chi connectivity index (χ0n) is 25.5. The number of carbonyl (C=O) groups is 2. The smallest absolute Gasteiger partial charge is 0.433 e. The Morgan fingerprint density at radius 1 is 1.04 bits per heavy atom. The third kappa shape index (κ3) is 6.24. The average Bonchev–Trinajstić information content (AvgIpc) is 3.82. The van der Waals surface area contributed by atoms with Crippen LogP contribution in [0.15, 0.2) is 59.3 Å². The van der Waals surface area contributed by atoms with E-state index in [0.29, 0.717) is 45.7 Å². The van der Waals surface area contributed by atoms with Crippen molar-refractivity contribution in [1.82, 2.24) is 15.0 Å². The van der Waals surface area contributed by atoms with Crippen LogP contribution in [0.3, 0.4) is 0 Å². The fourth-order valence-corrected chi connectivity index (χ4v) is 7.18. The van der Waals surface area contributed by atoms with E-state index < -0.39 is 17.8 Å². The number of hydrogen-bond acceptors (Lipinski definition) is 7. The van der Waals surface area contributed by atoms with Crippen LogP contribution in [0.2, 0.25) is 10.0 Å². The maximum Gasteiger partial charge on any atom is 0.433 e. The first-order valence-corrected chi connectivity index (χ1v) is 16.2. The number of fused-ring (bicyclic) bond motifs is 2. The molecular weight excluding hydrogens is 672 g/mol. The molecule has 2 atom stereocenters. The van der Waals surface area contributed by atoms with E-state index in [9.17, 15) is 22.8 Å². The first-order chi connectivity index (χ1) is 23.0. The van der Waals surface area contributed by atoms with Crippen molar-refractivity contribution in [3.63, 3.8) is 0 Å². The lowest BCUT2D eigenvalue weighted by Gasteiger charge is -2.54. The van der Waals surface area contributed by atoms with Crippen molar-refractivity contribution in [2.45, 2.75) is 69.0 Å². The molecule has 2 aromatic heterocycles. The highest BCUT2D eigenvalue weighted by Gasteiger charge is 2.48. The normalized spacial score (nSPS) is 20.3. The van der Waals surface area contributed by atoms with E-state index in [1.807, 2.05) is 0 Å². The van der Waals surface area contributed by atoms with Crippen LogP contribution >= 0.6 is 23.2 Å². The molecular formula is C34H29Cl2F3N4O5. The predicted molar refractivity (Wildman–Crippen MR) is 171 cm³/mol. The molecule has 2 unspecified atom stereocenters. The molecule has 2 aliphatic carbocycles. The van der Waals surface area contributed by atoms with Crippen molar-refractivity contribution >= 4 is 40.9 Å². The Morgan fingerprint density at radius 2 is 1.77 bits per heavy atom. The molecule has 48 heavy (non-hydrogen) atoms. The number of amides is 2. The second kappa shape index (κ2) is 12.7. The minimum absolute atomic E-state index is 0.0375. The first-order valence-electron chi connectivity index (χ1n) is 15.4. The van der Waals surface area contributed by atoms with E-state index in [2.05, 4.69) is 15.5 Å². The van der Waals surface area contributed by atoms with Gasteiger partial charge in [0.15, 0.2) is 0 Å². The second-order valence-electron chi connectivity index (χ2n) is 12.2. The minimum atomic E-state index is -4.61. The third-order valence-electron chi connectivity index (χ3n) is 9.11. The highest BCUT2D eigenvalue weighted by Crippen LogP contribution is 2.47. The largest absolute Gasteiger partial charge is 0.465 e. The number of pyridine rings is 1. The summed E-state index contributed by atoms with van der Waals surface area (Å²) in [5.41, 5.74) is 2.00. The Bertz CT molecular complexity index is 1850. The Morgan fingerprint density at radius 3 is 2.40 bits per heavy atom. The van der Waals surface area contributed by atoms with Gasteiger partial charge < -0.3 is 24.2 Å². The molecule has 4 fully saturated rings. The van der Waals surface area contributed by atoms with Crippen LogP contribution in [0.25, 0.3) is 22.4 Å². The lowest BCUT2D eigenvalue weighted by atomic mass is 9.78. The van der Waals surface area contributed by atoms with Crippen molar-refractivity contribution in [1.29, 1.82) is 0 Å². The number of piperidine rings is 1. The van der Waals surface area contributed by atoms with Crippen LogP contribution < -0.4 is 5.32 Å². The zero-order valence-corrected chi connectivity index (χ0v) is 27.0. The van der Waals surface area contributed by atoms with Gasteiger partial charge in [0.05, 0.1) is 35.4 Å². The van der Waals surface area contributed by atoms with E-state index in [1.54, 1.807) is 29.2 Å². The molecule has 2 saturated heterocycles. The maximum atomic E-state index is 13.4. The van der Waals surface area contributed by atoms with Crippen molar-refractivity contribution < 1.29 is 36.8 Å². The summed E-state index contributed by atoms with van der Waals surface area (Å²) in [6.45, 7) is 0.274. The van der Waals surface area contributed by atoms with Gasteiger partial charge >= 0.3 is 18.2 Å². The quantitative estimate of drug-likeness (QED) is 0.183. The second-order valence-corrected chi connectivity index (χ2v) is 13.0. The van der Waals surface area contributed by atoms with Gasteiger partial charge in [-0.25, -0.2) is 9.59 Å². The molecule has 2 aromatic carbocycles. The van der Waals surface area contributed by atoms with E-state index in [1.165, 1.54) is 25.3 Å². The predicted octanol–water partition coefficient (Wildman–Crippen LogP) is 8.75. The van der Waals surface area contributed by atoms with Gasteiger partial charge in [0.1, 0.15) is 17.1 Å². The van der Waals surface area contributed by atoms with Gasteiger partial charge in [-0.15, -0.1) is 0 Å². The monoisotopic (exact) mass is 700 g/mol. The summed E-state index contributed by atoms with van der Waals surface area (Å²) >= 11 is 13.0. The lowest BCUT2D eigenvalue weighted by molar-refractivity contribution is -0.141. The summed E-state index contributed by atoms with van der Waals surface area (Å²) in [6, 6.07) is 11.5. The molecule has 4 aliphatic rings. The first kappa shape index (κ1) is 32.4. The highest BCUT2D eigenvalue weighted by molar-refractivity contribution is 6.39. The number of nitrogens with one attached hydrogen (secondary N) is 1. The fourth-order valence-electron chi connectivity index (χ4n) is 6.60. The molecule has 9 nitrogen and oxygen atoms in total. The van der Waals surface area contributed by atoms with Crippen molar-refractivity contribution in [3.8, 4) is 22.4 Å². The van der Waals surface area contributed by atoms with E-state index >= 15 is 0 Å². The number of ether oxygens (including phenoxy) is 2. The van der Waals surface area contributed by atoms with Gasteiger partial charge in [0.25, 0.3) is 0 Å². The molecule has 1 N–H and O–H groups in total. The molecule has 4 aromatic rings. The van der Waals surface area contributed by atoms with Crippen LogP contribution in [0.4, 0.5) is 23.7 Å². The van der Waals surface area contributed by atoms with E-state index in [4.69, 9.17) is 37.2 Å².